The van der Waals surface area contributed by atoms with E-state index in [0.717, 1.165) is 19.5 Å². The molecule has 2 rings (SSSR count). The maximum Gasteiger partial charge on any atom is 0.169 e. The molecule has 0 spiro atoms. The molecule has 0 radical (unpaired) electrons. The molecule has 1 aromatic heterocycles. The van der Waals surface area contributed by atoms with Crippen molar-refractivity contribution in [2.45, 2.75) is 26.0 Å². The lowest BCUT2D eigenvalue weighted by atomic mass is 10.2. The molecule has 1 aliphatic heterocycles. The van der Waals surface area contributed by atoms with Gasteiger partial charge in [-0.15, -0.1) is 11.3 Å². The van der Waals surface area contributed by atoms with E-state index in [1.807, 2.05) is 11.3 Å². The highest BCUT2D eigenvalue weighted by atomic mass is 32.1. The molecule has 0 aliphatic carbocycles. The van der Waals surface area contributed by atoms with Crippen molar-refractivity contribution in [3.8, 4) is 0 Å². The summed E-state index contributed by atoms with van der Waals surface area (Å²) in [6.45, 7) is 5.25. The topological polar surface area (TPSA) is 71.1 Å². The van der Waals surface area contributed by atoms with Crippen LogP contribution in [0.5, 0.6) is 0 Å². The normalized spacial score (nSPS) is 22.3. The molecule has 1 saturated heterocycles. The highest BCUT2D eigenvalue weighted by Crippen LogP contribution is 2.19. The summed E-state index contributed by atoms with van der Waals surface area (Å²) in [5.74, 6) is 0.153. The molecule has 18 heavy (non-hydrogen) atoms. The minimum absolute atomic E-state index is 0.153. The maximum atomic E-state index is 8.66. The molecule has 1 aromatic rings. The van der Waals surface area contributed by atoms with Crippen molar-refractivity contribution in [2.75, 3.05) is 19.7 Å². The minimum atomic E-state index is -0.297. The summed E-state index contributed by atoms with van der Waals surface area (Å²) in [5.41, 5.74) is 5.58. The minimum Gasteiger partial charge on any atom is -0.409 e. The van der Waals surface area contributed by atoms with Gasteiger partial charge in [0, 0.05) is 29.4 Å². The monoisotopic (exact) mass is 269 g/mol. The van der Waals surface area contributed by atoms with Crippen LogP contribution >= 0.6 is 11.3 Å². The van der Waals surface area contributed by atoms with Crippen molar-refractivity contribution in [1.82, 2.24) is 4.90 Å². The second-order valence-corrected chi connectivity index (χ2v) is 5.59. The number of aryl methyl sites for hydroxylation is 1. The highest BCUT2D eigenvalue weighted by molar-refractivity contribution is 7.11. The average Bonchev–Trinajstić information content (AvgIpc) is 2.86. The molecule has 1 atom stereocenters. The second-order valence-electron chi connectivity index (χ2n) is 4.34. The summed E-state index contributed by atoms with van der Waals surface area (Å²) in [6, 6.07) is 4.36. The van der Waals surface area contributed by atoms with E-state index in [1.165, 1.54) is 9.75 Å². The van der Waals surface area contributed by atoms with Crippen LogP contribution in [0.1, 0.15) is 16.7 Å². The van der Waals surface area contributed by atoms with Crippen LogP contribution in [0.25, 0.3) is 0 Å². The lowest BCUT2D eigenvalue weighted by molar-refractivity contribution is 0.00178. The average molecular weight is 269 g/mol. The van der Waals surface area contributed by atoms with Gasteiger partial charge in [0.25, 0.3) is 0 Å². The van der Waals surface area contributed by atoms with Crippen LogP contribution in [0, 0.1) is 0 Å². The number of thiophene rings is 1. The van der Waals surface area contributed by atoms with Gasteiger partial charge in [0.2, 0.25) is 0 Å². The second kappa shape index (κ2) is 6.17. The standard InChI is InChI=1S/C12H19N3O2S/c1-2-9-3-4-10(18-9)7-15-5-6-17-11(8-15)12(13)14-16/h3-4,11,16H,2,5-8H2,1H3,(H2,13,14). The van der Waals surface area contributed by atoms with Crippen molar-refractivity contribution in [1.29, 1.82) is 0 Å². The van der Waals surface area contributed by atoms with Crippen molar-refractivity contribution in [3.05, 3.63) is 21.9 Å². The fraction of sp³-hybridized carbons (Fsp3) is 0.583. The van der Waals surface area contributed by atoms with E-state index in [9.17, 15) is 0 Å². The van der Waals surface area contributed by atoms with Crippen molar-refractivity contribution >= 4 is 17.2 Å². The largest absolute Gasteiger partial charge is 0.409 e. The van der Waals surface area contributed by atoms with Crippen LogP contribution in [0.3, 0.4) is 0 Å². The number of nitrogens with zero attached hydrogens (tertiary/aromatic N) is 2. The number of ether oxygens (including phenoxy) is 1. The van der Waals surface area contributed by atoms with E-state index in [0.29, 0.717) is 13.2 Å². The quantitative estimate of drug-likeness (QED) is 0.373. The predicted molar refractivity (Wildman–Crippen MR) is 72.1 cm³/mol. The van der Waals surface area contributed by atoms with E-state index in [-0.39, 0.29) is 11.9 Å². The summed E-state index contributed by atoms with van der Waals surface area (Å²) in [6.07, 6.45) is 0.787. The first-order valence-corrected chi connectivity index (χ1v) is 6.93. The summed E-state index contributed by atoms with van der Waals surface area (Å²) in [4.78, 5) is 5.04. The summed E-state index contributed by atoms with van der Waals surface area (Å²) in [7, 11) is 0. The molecule has 0 saturated carbocycles. The SMILES string of the molecule is CCc1ccc(CN2CCOC(C(N)=NO)C2)s1. The third-order valence-corrected chi connectivity index (χ3v) is 4.26. The third-order valence-electron chi connectivity index (χ3n) is 3.04. The Morgan fingerprint density at radius 1 is 1.61 bits per heavy atom. The van der Waals surface area contributed by atoms with E-state index in [2.05, 4.69) is 29.1 Å². The molecular weight excluding hydrogens is 250 g/mol. The van der Waals surface area contributed by atoms with Gasteiger partial charge < -0.3 is 15.7 Å². The number of oxime groups is 1. The van der Waals surface area contributed by atoms with Crippen molar-refractivity contribution < 1.29 is 9.94 Å². The molecule has 0 bridgehead atoms. The Morgan fingerprint density at radius 2 is 2.39 bits per heavy atom. The number of morpholine rings is 1. The zero-order valence-corrected chi connectivity index (χ0v) is 11.3. The molecule has 1 aliphatic rings. The van der Waals surface area contributed by atoms with E-state index in [1.54, 1.807) is 0 Å². The van der Waals surface area contributed by atoms with Crippen molar-refractivity contribution in [2.24, 2.45) is 10.9 Å². The smallest absolute Gasteiger partial charge is 0.169 e. The van der Waals surface area contributed by atoms with Gasteiger partial charge in [0.05, 0.1) is 6.61 Å². The van der Waals surface area contributed by atoms with Crippen LogP contribution in [0.2, 0.25) is 0 Å². The number of nitrogens with two attached hydrogens (primary N) is 1. The summed E-state index contributed by atoms with van der Waals surface area (Å²) < 4.78 is 5.47. The summed E-state index contributed by atoms with van der Waals surface area (Å²) in [5, 5.41) is 11.7. The zero-order chi connectivity index (χ0) is 13.0. The van der Waals surface area contributed by atoms with Crippen LogP contribution in [-0.2, 0) is 17.7 Å². The Kier molecular flexibility index (Phi) is 4.57. The first-order chi connectivity index (χ1) is 8.72. The Hall–Kier alpha value is -1.11. The van der Waals surface area contributed by atoms with Crippen molar-refractivity contribution in [3.63, 3.8) is 0 Å². The Bertz CT molecular complexity index is 419. The predicted octanol–water partition coefficient (Wildman–Crippen LogP) is 1.26. The van der Waals surface area contributed by atoms with Crippen LogP contribution in [-0.4, -0.2) is 41.7 Å². The third kappa shape index (κ3) is 3.22. The first kappa shape index (κ1) is 13.3. The van der Waals surface area contributed by atoms with Gasteiger partial charge in [-0.05, 0) is 18.6 Å². The molecule has 3 N–H and O–H groups in total. The van der Waals surface area contributed by atoms with E-state index in [4.69, 9.17) is 15.7 Å². The maximum absolute atomic E-state index is 8.66. The van der Waals surface area contributed by atoms with E-state index < -0.39 is 0 Å². The lowest BCUT2D eigenvalue weighted by Gasteiger charge is -2.31. The first-order valence-electron chi connectivity index (χ1n) is 6.12. The number of hydrogen-bond acceptors (Lipinski definition) is 5. The zero-order valence-electron chi connectivity index (χ0n) is 10.5. The van der Waals surface area contributed by atoms with Gasteiger partial charge >= 0.3 is 0 Å². The van der Waals surface area contributed by atoms with Crippen LogP contribution < -0.4 is 5.73 Å². The van der Waals surface area contributed by atoms with Gasteiger partial charge in [-0.1, -0.05) is 12.1 Å². The molecule has 1 unspecified atom stereocenters. The Morgan fingerprint density at radius 3 is 3.06 bits per heavy atom. The van der Waals surface area contributed by atoms with Gasteiger partial charge in [-0.2, -0.15) is 0 Å². The molecule has 5 nitrogen and oxygen atoms in total. The summed E-state index contributed by atoms with van der Waals surface area (Å²) >= 11 is 1.85. The van der Waals surface area contributed by atoms with Crippen LogP contribution in [0.4, 0.5) is 0 Å². The van der Waals surface area contributed by atoms with E-state index >= 15 is 0 Å². The van der Waals surface area contributed by atoms with Gasteiger partial charge in [-0.25, -0.2) is 0 Å². The molecule has 1 fully saturated rings. The molecule has 0 aromatic carbocycles. The van der Waals surface area contributed by atoms with Gasteiger partial charge in [0.1, 0.15) is 6.10 Å². The van der Waals surface area contributed by atoms with Gasteiger partial charge in [-0.3, -0.25) is 4.90 Å². The Balaban J connectivity index is 1.93. The molecule has 2 heterocycles. The van der Waals surface area contributed by atoms with Crippen LogP contribution in [0.15, 0.2) is 17.3 Å². The molecule has 100 valence electrons. The lowest BCUT2D eigenvalue weighted by Crippen LogP contribution is -2.47. The number of rotatable bonds is 4. The Labute approximate surface area is 111 Å². The fourth-order valence-corrected chi connectivity index (χ4v) is 3.01. The molecule has 6 heteroatoms. The number of hydrogen-bond donors (Lipinski definition) is 2. The molecule has 0 amide bonds. The molecular formula is C12H19N3O2S. The van der Waals surface area contributed by atoms with Gasteiger partial charge in [0.15, 0.2) is 5.84 Å². The number of amidine groups is 1. The fourth-order valence-electron chi connectivity index (χ4n) is 2.01. The highest BCUT2D eigenvalue weighted by Gasteiger charge is 2.24.